The number of ether oxygens (including phenoxy) is 5. The predicted octanol–water partition coefficient (Wildman–Crippen LogP) is -1.04. The molecule has 16 heteroatoms. The van der Waals surface area contributed by atoms with Gasteiger partial charge < -0.3 is 74.1 Å². The fraction of sp³-hybridized carbons (Fsp3) is 0.444. The molecule has 2 saturated heterocycles. The van der Waals surface area contributed by atoms with E-state index in [1.807, 2.05) is 0 Å². The molecule has 16 nitrogen and oxygen atoms in total. The van der Waals surface area contributed by atoms with Gasteiger partial charge in [0.15, 0.2) is 41.0 Å². The zero-order chi connectivity index (χ0) is 31.3. The zero-order valence-corrected chi connectivity index (χ0v) is 22.6. The van der Waals surface area contributed by atoms with Crippen molar-refractivity contribution in [1.82, 2.24) is 0 Å². The molecule has 0 aliphatic carbocycles. The molecule has 0 radical (unpaired) electrons. The molecule has 234 valence electrons. The Bertz CT molecular complexity index is 1550. The highest BCUT2D eigenvalue weighted by Crippen LogP contribution is 2.44. The standard InChI is InChI=1S/C27H30O16/c1-8-16(33)19(36)25(43-26-20(37)17(34)14(32)7-39-26)27(40-8)42-24-18(35)15-12(30)6-13(31)22(38-2)23(15)41-21(24)9-3-4-10(28)11(29)5-9/h3-6,8,14,16-17,19-20,25-34,36-37H,7H2,1-2H3. The minimum Gasteiger partial charge on any atom is -0.507 e. The van der Waals surface area contributed by atoms with Crippen LogP contribution in [0.5, 0.6) is 34.5 Å². The smallest absolute Gasteiger partial charge is 0.239 e. The van der Waals surface area contributed by atoms with Crippen LogP contribution in [-0.4, -0.2) is 115 Å². The number of aliphatic hydroxyl groups is 5. The van der Waals surface area contributed by atoms with Crippen LogP contribution in [0.4, 0.5) is 0 Å². The summed E-state index contributed by atoms with van der Waals surface area (Å²) in [6, 6.07) is 4.19. The molecule has 2 aliphatic heterocycles. The SMILES string of the molecule is COc1c(O)cc(O)c2c(=O)c(OC3OC(C)C(O)C(O)C3OC3OCC(O)C(O)C3O)c(-c3ccc(O)c(O)c3)oc12. The van der Waals surface area contributed by atoms with Crippen LogP contribution in [0.2, 0.25) is 0 Å². The molecule has 0 amide bonds. The average molecular weight is 611 g/mol. The molecular weight excluding hydrogens is 580 g/mol. The molecule has 1 aromatic heterocycles. The van der Waals surface area contributed by atoms with Crippen molar-refractivity contribution in [1.29, 1.82) is 0 Å². The Labute approximate surface area is 241 Å². The van der Waals surface area contributed by atoms with E-state index < -0.39 is 113 Å². The number of phenols is 4. The number of benzene rings is 2. The number of fused-ring (bicyclic) bond motifs is 1. The van der Waals surface area contributed by atoms with E-state index in [1.165, 1.54) is 20.1 Å². The third kappa shape index (κ3) is 5.39. The van der Waals surface area contributed by atoms with E-state index in [2.05, 4.69) is 0 Å². The molecular formula is C27H30O16. The Morgan fingerprint density at radius 2 is 1.53 bits per heavy atom. The predicted molar refractivity (Wildman–Crippen MR) is 141 cm³/mol. The molecule has 2 aromatic carbocycles. The van der Waals surface area contributed by atoms with Crippen LogP contribution in [0.15, 0.2) is 33.5 Å². The topological polar surface area (TPSA) is 258 Å². The quantitative estimate of drug-likeness (QED) is 0.151. The third-order valence-electron chi connectivity index (χ3n) is 7.24. The first kappa shape index (κ1) is 30.6. The van der Waals surface area contributed by atoms with Crippen molar-refractivity contribution in [2.24, 2.45) is 0 Å². The van der Waals surface area contributed by atoms with E-state index in [0.717, 1.165) is 18.2 Å². The largest absolute Gasteiger partial charge is 0.507 e. The number of aliphatic hydroxyl groups excluding tert-OH is 5. The van der Waals surface area contributed by atoms with Gasteiger partial charge in [-0.3, -0.25) is 4.79 Å². The summed E-state index contributed by atoms with van der Waals surface area (Å²) in [6.45, 7) is 0.932. The van der Waals surface area contributed by atoms with Crippen LogP contribution in [0.1, 0.15) is 6.92 Å². The first-order valence-electron chi connectivity index (χ1n) is 13.0. The maximum Gasteiger partial charge on any atom is 0.239 e. The van der Waals surface area contributed by atoms with E-state index >= 15 is 0 Å². The Hall–Kier alpha value is -3.87. The van der Waals surface area contributed by atoms with Crippen molar-refractivity contribution in [3.8, 4) is 45.8 Å². The minimum atomic E-state index is -1.80. The summed E-state index contributed by atoms with van der Waals surface area (Å²) < 4.78 is 33.5. The van der Waals surface area contributed by atoms with E-state index in [9.17, 15) is 50.8 Å². The van der Waals surface area contributed by atoms with Gasteiger partial charge in [-0.1, -0.05) is 0 Å². The van der Waals surface area contributed by atoms with Gasteiger partial charge in [0.25, 0.3) is 0 Å². The van der Waals surface area contributed by atoms with E-state index in [-0.39, 0.29) is 11.3 Å². The van der Waals surface area contributed by atoms with Crippen LogP contribution in [0.3, 0.4) is 0 Å². The second-order valence-electron chi connectivity index (χ2n) is 10.1. The van der Waals surface area contributed by atoms with Gasteiger partial charge in [-0.05, 0) is 25.1 Å². The molecule has 9 atom stereocenters. The fourth-order valence-corrected chi connectivity index (χ4v) is 4.87. The number of methoxy groups -OCH3 is 1. The van der Waals surface area contributed by atoms with Crippen LogP contribution in [0.25, 0.3) is 22.3 Å². The van der Waals surface area contributed by atoms with Crippen molar-refractivity contribution in [2.45, 2.75) is 62.2 Å². The van der Waals surface area contributed by atoms with Gasteiger partial charge in [-0.15, -0.1) is 0 Å². The van der Waals surface area contributed by atoms with E-state index in [0.29, 0.717) is 0 Å². The van der Waals surface area contributed by atoms with Gasteiger partial charge in [0.05, 0.1) is 19.8 Å². The van der Waals surface area contributed by atoms with Crippen molar-refractivity contribution in [3.05, 3.63) is 34.5 Å². The maximum absolute atomic E-state index is 13.9. The van der Waals surface area contributed by atoms with Crippen molar-refractivity contribution < 1.29 is 74.1 Å². The highest BCUT2D eigenvalue weighted by atomic mass is 16.8. The van der Waals surface area contributed by atoms with E-state index in [1.54, 1.807) is 0 Å². The van der Waals surface area contributed by atoms with Crippen LogP contribution in [0, 0.1) is 0 Å². The van der Waals surface area contributed by atoms with E-state index in [4.69, 9.17) is 28.1 Å². The van der Waals surface area contributed by atoms with Crippen LogP contribution < -0.4 is 14.9 Å². The summed E-state index contributed by atoms with van der Waals surface area (Å²) in [5.41, 5.74) is -1.49. The lowest BCUT2D eigenvalue weighted by molar-refractivity contribution is -0.341. The Balaban J connectivity index is 1.65. The second kappa shape index (κ2) is 11.7. The maximum atomic E-state index is 13.9. The summed E-state index contributed by atoms with van der Waals surface area (Å²) >= 11 is 0. The van der Waals surface area contributed by atoms with Crippen LogP contribution >= 0.6 is 0 Å². The minimum absolute atomic E-state index is 0.0424. The molecule has 9 unspecified atom stereocenters. The first-order valence-corrected chi connectivity index (χ1v) is 13.0. The number of hydrogen-bond donors (Lipinski definition) is 9. The highest BCUT2D eigenvalue weighted by molar-refractivity contribution is 5.93. The third-order valence-corrected chi connectivity index (χ3v) is 7.24. The van der Waals surface area contributed by atoms with Gasteiger partial charge in [-0.25, -0.2) is 0 Å². The number of hydrogen-bond acceptors (Lipinski definition) is 16. The lowest BCUT2D eigenvalue weighted by Crippen LogP contribution is -2.62. The van der Waals surface area contributed by atoms with Gasteiger partial charge in [-0.2, -0.15) is 0 Å². The molecule has 9 N–H and O–H groups in total. The molecule has 0 bridgehead atoms. The first-order chi connectivity index (χ1) is 20.3. The summed E-state index contributed by atoms with van der Waals surface area (Å²) in [4.78, 5) is 13.9. The summed E-state index contributed by atoms with van der Waals surface area (Å²) in [7, 11) is 1.17. The zero-order valence-electron chi connectivity index (χ0n) is 22.6. The van der Waals surface area contributed by atoms with Gasteiger partial charge in [0.2, 0.25) is 23.2 Å². The van der Waals surface area contributed by atoms with Crippen molar-refractivity contribution >= 4 is 11.0 Å². The number of rotatable bonds is 6. The second-order valence-corrected chi connectivity index (χ2v) is 10.1. The molecule has 5 rings (SSSR count). The Kier molecular flexibility index (Phi) is 8.30. The monoisotopic (exact) mass is 610 g/mol. The molecule has 2 fully saturated rings. The summed E-state index contributed by atoms with van der Waals surface area (Å²) in [5.74, 6) is -3.82. The molecule has 0 spiro atoms. The lowest BCUT2D eigenvalue weighted by atomic mass is 9.99. The van der Waals surface area contributed by atoms with Crippen LogP contribution in [-0.2, 0) is 14.2 Å². The van der Waals surface area contributed by atoms with Gasteiger partial charge in [0.1, 0.15) is 41.7 Å². The Morgan fingerprint density at radius 3 is 2.21 bits per heavy atom. The normalized spacial score (nSPS) is 31.2. The number of aromatic hydroxyl groups is 4. The molecule has 2 aliphatic rings. The Morgan fingerprint density at radius 1 is 0.814 bits per heavy atom. The fourth-order valence-electron chi connectivity index (χ4n) is 4.87. The highest BCUT2D eigenvalue weighted by Gasteiger charge is 2.49. The lowest BCUT2D eigenvalue weighted by Gasteiger charge is -2.44. The van der Waals surface area contributed by atoms with Crippen molar-refractivity contribution in [2.75, 3.05) is 13.7 Å². The molecule has 3 aromatic rings. The molecule has 43 heavy (non-hydrogen) atoms. The molecule has 0 saturated carbocycles. The number of phenolic OH excluding ortho intramolecular Hbond substituents is 4. The average Bonchev–Trinajstić information content (AvgIpc) is 2.96. The van der Waals surface area contributed by atoms with Gasteiger partial charge >= 0.3 is 0 Å². The van der Waals surface area contributed by atoms with Crippen molar-refractivity contribution in [3.63, 3.8) is 0 Å². The molecule has 3 heterocycles. The summed E-state index contributed by atoms with van der Waals surface area (Å²) in [6.07, 6.45) is -14.4. The summed E-state index contributed by atoms with van der Waals surface area (Å²) in [5, 5.41) is 91.9. The van der Waals surface area contributed by atoms with Gasteiger partial charge in [0, 0.05) is 11.6 Å².